The van der Waals surface area contributed by atoms with E-state index in [2.05, 4.69) is 29.2 Å². The van der Waals surface area contributed by atoms with Gasteiger partial charge in [0.05, 0.1) is 12.2 Å². The number of carbonyl (C=O) groups is 1. The van der Waals surface area contributed by atoms with Crippen LogP contribution < -0.4 is 0 Å². The highest BCUT2D eigenvalue weighted by molar-refractivity contribution is 7.88. The summed E-state index contributed by atoms with van der Waals surface area (Å²) in [4.78, 5) is 17.3. The number of benzene rings is 1. The Balaban J connectivity index is 1.55. The van der Waals surface area contributed by atoms with Crippen LogP contribution in [0.5, 0.6) is 0 Å². The molecular weight excluding hydrogens is 350 g/mol. The molecule has 0 saturated carbocycles. The minimum Gasteiger partial charge on any atom is -0.341 e. The smallest absolute Gasteiger partial charge is 0.227 e. The lowest BCUT2D eigenvalue weighted by atomic mass is 9.98. The lowest BCUT2D eigenvalue weighted by Crippen LogP contribution is -2.47. The van der Waals surface area contributed by atoms with Crippen LogP contribution in [0.1, 0.15) is 24.8 Å². The fraction of sp³-hybridized carbons (Fsp3) is 0.632. The molecule has 1 unspecified atom stereocenters. The minimum atomic E-state index is -3.22. The second-order valence-corrected chi connectivity index (χ2v) is 9.38. The zero-order chi connectivity index (χ0) is 18.6. The highest BCUT2D eigenvalue weighted by Gasteiger charge is 2.33. The van der Waals surface area contributed by atoms with Gasteiger partial charge in [0.15, 0.2) is 0 Å². The average molecular weight is 380 g/mol. The monoisotopic (exact) mass is 379 g/mol. The molecule has 0 aliphatic carbocycles. The van der Waals surface area contributed by atoms with Crippen molar-refractivity contribution in [1.82, 2.24) is 14.1 Å². The van der Waals surface area contributed by atoms with Crippen LogP contribution in [0, 0.1) is 5.92 Å². The Hall–Kier alpha value is -1.44. The Morgan fingerprint density at radius 1 is 1.04 bits per heavy atom. The predicted octanol–water partition coefficient (Wildman–Crippen LogP) is 1.39. The second kappa shape index (κ2) is 8.50. The Bertz CT molecular complexity index is 708. The molecule has 1 amide bonds. The van der Waals surface area contributed by atoms with E-state index in [1.807, 2.05) is 11.0 Å². The Labute approximate surface area is 156 Å². The first-order chi connectivity index (χ1) is 12.4. The molecule has 7 heteroatoms. The van der Waals surface area contributed by atoms with Crippen molar-refractivity contribution in [3.8, 4) is 0 Å². The van der Waals surface area contributed by atoms with E-state index in [4.69, 9.17) is 0 Å². The van der Waals surface area contributed by atoms with Crippen molar-refractivity contribution < 1.29 is 13.2 Å². The van der Waals surface area contributed by atoms with E-state index in [1.165, 1.54) is 16.1 Å². The average Bonchev–Trinajstić information content (AvgIpc) is 2.87. The first-order valence-corrected chi connectivity index (χ1v) is 11.3. The molecule has 2 fully saturated rings. The number of carbonyl (C=O) groups excluding carboxylic acids is 1. The van der Waals surface area contributed by atoms with Crippen molar-refractivity contribution in [3.05, 3.63) is 35.9 Å². The number of sulfonamides is 1. The molecule has 0 radical (unpaired) electrons. The maximum Gasteiger partial charge on any atom is 0.227 e. The van der Waals surface area contributed by atoms with Crippen LogP contribution in [-0.4, -0.2) is 74.0 Å². The minimum absolute atomic E-state index is 0.125. The highest BCUT2D eigenvalue weighted by atomic mass is 32.2. The molecular formula is C19H29N3O3S. The summed E-state index contributed by atoms with van der Waals surface area (Å²) in [6, 6.07) is 10.4. The lowest BCUT2D eigenvalue weighted by molar-refractivity contribution is -0.136. The molecule has 0 N–H and O–H groups in total. The van der Waals surface area contributed by atoms with E-state index in [-0.39, 0.29) is 11.8 Å². The van der Waals surface area contributed by atoms with E-state index in [9.17, 15) is 13.2 Å². The molecule has 1 atom stereocenters. The largest absolute Gasteiger partial charge is 0.341 e. The highest BCUT2D eigenvalue weighted by Crippen LogP contribution is 2.21. The summed E-state index contributed by atoms with van der Waals surface area (Å²) in [5.41, 5.74) is 1.29. The van der Waals surface area contributed by atoms with Gasteiger partial charge in [0.2, 0.25) is 15.9 Å². The van der Waals surface area contributed by atoms with Crippen molar-refractivity contribution in [2.45, 2.75) is 25.8 Å². The van der Waals surface area contributed by atoms with E-state index < -0.39 is 10.0 Å². The molecule has 3 rings (SSSR count). The number of amides is 1. The third kappa shape index (κ3) is 5.05. The van der Waals surface area contributed by atoms with Gasteiger partial charge in [0.25, 0.3) is 0 Å². The van der Waals surface area contributed by atoms with Gasteiger partial charge in [-0.3, -0.25) is 9.69 Å². The summed E-state index contributed by atoms with van der Waals surface area (Å²) in [6.07, 6.45) is 3.74. The van der Waals surface area contributed by atoms with Crippen molar-refractivity contribution in [1.29, 1.82) is 0 Å². The van der Waals surface area contributed by atoms with E-state index in [0.29, 0.717) is 13.1 Å². The molecule has 0 spiro atoms. The molecule has 2 aliphatic rings. The first kappa shape index (κ1) is 19.3. The fourth-order valence-electron chi connectivity index (χ4n) is 3.89. The van der Waals surface area contributed by atoms with E-state index in [0.717, 1.165) is 52.0 Å². The third-order valence-electron chi connectivity index (χ3n) is 5.35. The number of hydrogen-bond donors (Lipinski definition) is 0. The van der Waals surface area contributed by atoms with Gasteiger partial charge in [-0.05, 0) is 24.8 Å². The van der Waals surface area contributed by atoms with Gasteiger partial charge in [-0.1, -0.05) is 30.3 Å². The molecule has 0 bridgehead atoms. The van der Waals surface area contributed by atoms with E-state index in [1.54, 1.807) is 0 Å². The summed E-state index contributed by atoms with van der Waals surface area (Å²) >= 11 is 0. The van der Waals surface area contributed by atoms with Crippen LogP contribution in [0.25, 0.3) is 0 Å². The number of rotatable bonds is 4. The predicted molar refractivity (Wildman–Crippen MR) is 102 cm³/mol. The summed E-state index contributed by atoms with van der Waals surface area (Å²) in [5, 5.41) is 0. The molecule has 144 valence electrons. The van der Waals surface area contributed by atoms with Crippen LogP contribution in [0.2, 0.25) is 0 Å². The van der Waals surface area contributed by atoms with Gasteiger partial charge in [-0.25, -0.2) is 12.7 Å². The van der Waals surface area contributed by atoms with Crippen molar-refractivity contribution in [2.75, 3.05) is 45.5 Å². The number of piperidine rings is 1. The standard InChI is InChI=1S/C19H29N3O3S/c1-26(24,25)22-12-5-9-18(16-22)19(23)21-11-6-10-20(13-14-21)15-17-7-3-2-4-8-17/h2-4,7-8,18H,5-6,9-16H2,1H3. The van der Waals surface area contributed by atoms with Crippen LogP contribution in [0.15, 0.2) is 30.3 Å². The molecule has 26 heavy (non-hydrogen) atoms. The molecule has 0 aromatic heterocycles. The van der Waals surface area contributed by atoms with Gasteiger partial charge < -0.3 is 4.90 Å². The Kier molecular flexibility index (Phi) is 6.32. The Morgan fingerprint density at radius 2 is 1.81 bits per heavy atom. The van der Waals surface area contributed by atoms with Crippen molar-refractivity contribution in [3.63, 3.8) is 0 Å². The first-order valence-electron chi connectivity index (χ1n) is 9.43. The second-order valence-electron chi connectivity index (χ2n) is 7.40. The van der Waals surface area contributed by atoms with Crippen molar-refractivity contribution >= 4 is 15.9 Å². The summed E-state index contributed by atoms with van der Waals surface area (Å²) < 4.78 is 25.1. The fourth-order valence-corrected chi connectivity index (χ4v) is 4.81. The van der Waals surface area contributed by atoms with Crippen LogP contribution in [-0.2, 0) is 21.4 Å². The maximum absolute atomic E-state index is 12.9. The van der Waals surface area contributed by atoms with Gasteiger partial charge >= 0.3 is 0 Å². The third-order valence-corrected chi connectivity index (χ3v) is 6.62. The van der Waals surface area contributed by atoms with Gasteiger partial charge in [0, 0.05) is 45.8 Å². The zero-order valence-electron chi connectivity index (χ0n) is 15.5. The van der Waals surface area contributed by atoms with Gasteiger partial charge in [-0.15, -0.1) is 0 Å². The SMILES string of the molecule is CS(=O)(=O)N1CCCC(C(=O)N2CCCN(Cc3ccccc3)CC2)C1. The Morgan fingerprint density at radius 3 is 2.54 bits per heavy atom. The lowest BCUT2D eigenvalue weighted by Gasteiger charge is -2.33. The quantitative estimate of drug-likeness (QED) is 0.793. The van der Waals surface area contributed by atoms with Crippen LogP contribution >= 0.6 is 0 Å². The van der Waals surface area contributed by atoms with Crippen LogP contribution in [0.4, 0.5) is 0 Å². The summed E-state index contributed by atoms with van der Waals surface area (Å²) in [7, 11) is -3.22. The molecule has 6 nitrogen and oxygen atoms in total. The number of hydrogen-bond acceptors (Lipinski definition) is 4. The molecule has 2 saturated heterocycles. The van der Waals surface area contributed by atoms with Gasteiger partial charge in [0.1, 0.15) is 0 Å². The number of nitrogens with zero attached hydrogens (tertiary/aromatic N) is 3. The molecule has 2 aliphatic heterocycles. The normalized spacial score (nSPS) is 23.6. The summed E-state index contributed by atoms with van der Waals surface area (Å²) in [5.74, 6) is -0.0703. The molecule has 1 aromatic carbocycles. The van der Waals surface area contributed by atoms with Gasteiger partial charge in [-0.2, -0.15) is 0 Å². The zero-order valence-corrected chi connectivity index (χ0v) is 16.3. The topological polar surface area (TPSA) is 60.9 Å². The molecule has 1 aromatic rings. The maximum atomic E-state index is 12.9. The molecule has 2 heterocycles. The van der Waals surface area contributed by atoms with Crippen molar-refractivity contribution in [2.24, 2.45) is 5.92 Å². The van der Waals surface area contributed by atoms with Crippen LogP contribution in [0.3, 0.4) is 0 Å². The van der Waals surface area contributed by atoms with E-state index >= 15 is 0 Å². The summed E-state index contributed by atoms with van der Waals surface area (Å²) in [6.45, 7) is 5.12.